The van der Waals surface area contributed by atoms with Crippen LogP contribution in [0.3, 0.4) is 0 Å². The minimum atomic E-state index is -4.65. The molecule has 0 radical (unpaired) electrons. The van der Waals surface area contributed by atoms with Crippen molar-refractivity contribution in [2.45, 2.75) is 31.0 Å². The van der Waals surface area contributed by atoms with Crippen LogP contribution >= 0.6 is 22.9 Å². The molecule has 0 fully saturated rings. The highest BCUT2D eigenvalue weighted by Crippen LogP contribution is 2.34. The van der Waals surface area contributed by atoms with E-state index in [2.05, 4.69) is 4.98 Å². The molecule has 1 heterocycles. The van der Waals surface area contributed by atoms with E-state index in [4.69, 9.17) is 11.6 Å². The molecule has 2 rings (SSSR count). The van der Waals surface area contributed by atoms with Crippen LogP contribution < -0.4 is 0 Å². The first kappa shape index (κ1) is 19.2. The molecule has 2 aromatic rings. The van der Waals surface area contributed by atoms with Gasteiger partial charge in [-0.05, 0) is 24.6 Å². The lowest BCUT2D eigenvalue weighted by Crippen LogP contribution is -2.26. The Bertz CT molecular complexity index is 835. The van der Waals surface area contributed by atoms with Crippen LogP contribution in [0.15, 0.2) is 29.3 Å². The van der Waals surface area contributed by atoms with Gasteiger partial charge in [-0.3, -0.25) is 0 Å². The SMILES string of the molecule is CCc1ncc(CN(C)S(=O)(=O)c2cc(C(F)(F)F)ccc2Cl)s1. The van der Waals surface area contributed by atoms with E-state index in [-0.39, 0.29) is 11.6 Å². The molecule has 1 aromatic heterocycles. The van der Waals surface area contributed by atoms with Crippen molar-refractivity contribution in [3.8, 4) is 0 Å². The molecule has 0 atom stereocenters. The molecule has 10 heteroatoms. The van der Waals surface area contributed by atoms with E-state index < -0.39 is 26.7 Å². The highest BCUT2D eigenvalue weighted by atomic mass is 35.5. The Morgan fingerprint density at radius 2 is 2.00 bits per heavy atom. The molecule has 0 bridgehead atoms. The van der Waals surface area contributed by atoms with Crippen molar-refractivity contribution >= 4 is 33.0 Å². The molecule has 0 saturated heterocycles. The lowest BCUT2D eigenvalue weighted by Gasteiger charge is -2.18. The van der Waals surface area contributed by atoms with E-state index >= 15 is 0 Å². The van der Waals surface area contributed by atoms with Crippen molar-refractivity contribution in [2.75, 3.05) is 7.05 Å². The molecule has 0 aliphatic carbocycles. The van der Waals surface area contributed by atoms with Gasteiger partial charge in [-0.2, -0.15) is 17.5 Å². The van der Waals surface area contributed by atoms with Crippen molar-refractivity contribution in [2.24, 2.45) is 0 Å². The summed E-state index contributed by atoms with van der Waals surface area (Å²) in [7, 11) is -2.88. The van der Waals surface area contributed by atoms with Gasteiger partial charge in [0.2, 0.25) is 10.0 Å². The summed E-state index contributed by atoms with van der Waals surface area (Å²) in [5.41, 5.74) is -1.06. The highest BCUT2D eigenvalue weighted by molar-refractivity contribution is 7.89. The maximum absolute atomic E-state index is 12.8. The van der Waals surface area contributed by atoms with Gasteiger partial charge in [-0.25, -0.2) is 13.4 Å². The summed E-state index contributed by atoms with van der Waals surface area (Å²) in [4.78, 5) is 4.26. The summed E-state index contributed by atoms with van der Waals surface area (Å²) >= 11 is 7.18. The monoisotopic (exact) mass is 398 g/mol. The number of nitrogens with zero attached hydrogens (tertiary/aromatic N) is 2. The van der Waals surface area contributed by atoms with E-state index in [1.54, 1.807) is 6.20 Å². The second-order valence-corrected chi connectivity index (χ2v) is 8.60. The van der Waals surface area contributed by atoms with E-state index in [0.29, 0.717) is 10.9 Å². The van der Waals surface area contributed by atoms with Crippen LogP contribution in [-0.2, 0) is 29.2 Å². The predicted molar refractivity (Wildman–Crippen MR) is 86.6 cm³/mol. The molecular weight excluding hydrogens is 385 g/mol. The van der Waals surface area contributed by atoms with Crippen LogP contribution in [0.1, 0.15) is 22.4 Å². The van der Waals surface area contributed by atoms with Gasteiger partial charge in [0.05, 0.1) is 15.6 Å². The Hall–Kier alpha value is -1.16. The third-order valence-electron chi connectivity index (χ3n) is 3.23. The van der Waals surface area contributed by atoms with E-state index in [1.165, 1.54) is 18.4 Å². The number of benzene rings is 1. The Kier molecular flexibility index (Phi) is 5.58. The van der Waals surface area contributed by atoms with Crippen LogP contribution in [0, 0.1) is 0 Å². The predicted octanol–water partition coefficient (Wildman–Crippen LogP) is 4.20. The number of hydrogen-bond acceptors (Lipinski definition) is 4. The average molecular weight is 399 g/mol. The van der Waals surface area contributed by atoms with Crippen LogP contribution in [-0.4, -0.2) is 24.8 Å². The highest BCUT2D eigenvalue weighted by Gasteiger charge is 2.33. The number of rotatable bonds is 5. The van der Waals surface area contributed by atoms with E-state index in [0.717, 1.165) is 27.9 Å². The van der Waals surface area contributed by atoms with Gasteiger partial charge in [0.1, 0.15) is 4.90 Å². The Balaban J connectivity index is 2.35. The van der Waals surface area contributed by atoms with Crippen molar-refractivity contribution in [3.05, 3.63) is 44.9 Å². The van der Waals surface area contributed by atoms with Gasteiger partial charge in [0, 0.05) is 24.7 Å². The molecule has 4 nitrogen and oxygen atoms in total. The molecule has 0 aliphatic rings. The third-order valence-corrected chi connectivity index (χ3v) is 6.64. The van der Waals surface area contributed by atoms with Crippen LogP contribution in [0.5, 0.6) is 0 Å². The number of aryl methyl sites for hydroxylation is 1. The summed E-state index contributed by atoms with van der Waals surface area (Å²) in [5, 5.41) is 0.598. The quantitative estimate of drug-likeness (QED) is 0.758. The Labute approximate surface area is 146 Å². The summed E-state index contributed by atoms with van der Waals surface area (Å²) in [6, 6.07) is 2.24. The fourth-order valence-electron chi connectivity index (χ4n) is 1.93. The minimum absolute atomic E-state index is 0.00652. The van der Waals surface area contributed by atoms with Crippen LogP contribution in [0.4, 0.5) is 13.2 Å². The zero-order valence-corrected chi connectivity index (χ0v) is 15.2. The number of hydrogen-bond donors (Lipinski definition) is 0. The molecule has 0 amide bonds. The largest absolute Gasteiger partial charge is 0.416 e. The Morgan fingerprint density at radius 1 is 1.33 bits per heavy atom. The first-order valence-electron chi connectivity index (χ1n) is 6.82. The number of alkyl halides is 3. The first-order chi connectivity index (χ1) is 11.1. The van der Waals surface area contributed by atoms with Crippen molar-refractivity contribution in [1.29, 1.82) is 0 Å². The fourth-order valence-corrected chi connectivity index (χ4v) is 4.58. The fraction of sp³-hybridized carbons (Fsp3) is 0.357. The van der Waals surface area contributed by atoms with Crippen molar-refractivity contribution < 1.29 is 21.6 Å². The van der Waals surface area contributed by atoms with Crippen LogP contribution in [0.25, 0.3) is 0 Å². The second kappa shape index (κ2) is 6.99. The van der Waals surface area contributed by atoms with E-state index in [9.17, 15) is 21.6 Å². The molecule has 132 valence electrons. The number of halogens is 4. The number of thiazole rings is 1. The second-order valence-electron chi connectivity index (χ2n) is 4.98. The van der Waals surface area contributed by atoms with Crippen LogP contribution in [0.2, 0.25) is 5.02 Å². The molecule has 0 N–H and O–H groups in total. The van der Waals surface area contributed by atoms with Gasteiger partial charge >= 0.3 is 6.18 Å². The molecule has 24 heavy (non-hydrogen) atoms. The summed E-state index contributed by atoms with van der Waals surface area (Å²) in [6.07, 6.45) is -2.37. The molecule has 0 saturated carbocycles. The van der Waals surface area contributed by atoms with Crippen molar-refractivity contribution in [1.82, 2.24) is 9.29 Å². The summed E-state index contributed by atoms with van der Waals surface area (Å²) in [6.45, 7) is 1.93. The van der Waals surface area contributed by atoms with Gasteiger partial charge in [0.15, 0.2) is 0 Å². The smallest absolute Gasteiger partial charge is 0.249 e. The van der Waals surface area contributed by atoms with E-state index in [1.807, 2.05) is 6.92 Å². The summed E-state index contributed by atoms with van der Waals surface area (Å²) < 4.78 is 64.6. The van der Waals surface area contributed by atoms with Crippen molar-refractivity contribution in [3.63, 3.8) is 0 Å². The maximum Gasteiger partial charge on any atom is 0.416 e. The zero-order chi connectivity index (χ0) is 18.1. The number of sulfonamides is 1. The number of aromatic nitrogens is 1. The zero-order valence-electron chi connectivity index (χ0n) is 12.8. The minimum Gasteiger partial charge on any atom is -0.249 e. The lowest BCUT2D eigenvalue weighted by molar-refractivity contribution is -0.137. The van der Waals surface area contributed by atoms with Gasteiger partial charge in [-0.1, -0.05) is 18.5 Å². The molecule has 1 aromatic carbocycles. The standard InChI is InChI=1S/C14H14ClF3N2O2S2/c1-3-13-19-7-10(23-13)8-20(2)24(21,22)12-6-9(14(16,17)18)4-5-11(12)15/h4-7H,3,8H2,1-2H3. The molecular formula is C14H14ClF3N2O2S2. The normalized spacial score (nSPS) is 12.8. The Morgan fingerprint density at radius 3 is 2.54 bits per heavy atom. The lowest BCUT2D eigenvalue weighted by atomic mass is 10.2. The first-order valence-corrected chi connectivity index (χ1v) is 9.45. The molecule has 0 unspecified atom stereocenters. The average Bonchev–Trinajstić information content (AvgIpc) is 2.93. The van der Waals surface area contributed by atoms with Gasteiger partial charge in [0.25, 0.3) is 0 Å². The topological polar surface area (TPSA) is 50.3 Å². The molecule has 0 spiro atoms. The molecule has 0 aliphatic heterocycles. The van der Waals surface area contributed by atoms with Gasteiger partial charge in [-0.15, -0.1) is 11.3 Å². The maximum atomic E-state index is 12.8. The summed E-state index contributed by atoms with van der Waals surface area (Å²) in [5.74, 6) is 0. The third kappa shape index (κ3) is 4.08. The van der Waals surface area contributed by atoms with Gasteiger partial charge < -0.3 is 0 Å².